The lowest BCUT2D eigenvalue weighted by Gasteiger charge is -2.37. The van der Waals surface area contributed by atoms with E-state index in [1.165, 1.54) is 22.3 Å². The number of benzene rings is 4. The molecule has 0 atom stereocenters. The van der Waals surface area contributed by atoms with Crippen molar-refractivity contribution in [3.8, 4) is 0 Å². The maximum Gasteiger partial charge on any atom is 0.0947 e. The Labute approximate surface area is 186 Å². The average molecular weight is 407 g/mol. The Kier molecular flexibility index (Phi) is 7.28. The van der Waals surface area contributed by atoms with Gasteiger partial charge in [-0.15, -0.1) is 0 Å². The van der Waals surface area contributed by atoms with Crippen molar-refractivity contribution in [1.29, 1.82) is 0 Å². The second-order valence-electron chi connectivity index (χ2n) is 7.79. The van der Waals surface area contributed by atoms with Gasteiger partial charge in [0.25, 0.3) is 0 Å². The summed E-state index contributed by atoms with van der Waals surface area (Å²) >= 11 is 0. The van der Waals surface area contributed by atoms with Crippen LogP contribution in [0.5, 0.6) is 0 Å². The van der Waals surface area contributed by atoms with E-state index in [9.17, 15) is 0 Å². The standard InChI is InChI=1S/C29H30N2/c1-5-14-25(15-6-1)24-30-22-13-23-31-29(26-16-7-2-8-17-26,27-18-9-3-10-19-27)28-20-11-4-12-21-28/h1-12,14-21,30-31H,13,22-24H2. The first-order valence-corrected chi connectivity index (χ1v) is 11.1. The molecule has 2 nitrogen and oxygen atoms in total. The highest BCUT2D eigenvalue weighted by Gasteiger charge is 2.35. The van der Waals surface area contributed by atoms with Crippen molar-refractivity contribution < 1.29 is 0 Å². The van der Waals surface area contributed by atoms with E-state index in [0.717, 1.165) is 26.1 Å². The van der Waals surface area contributed by atoms with E-state index in [4.69, 9.17) is 0 Å². The first-order chi connectivity index (χ1) is 15.4. The van der Waals surface area contributed by atoms with Gasteiger partial charge in [-0.05, 0) is 41.8 Å². The van der Waals surface area contributed by atoms with Crippen molar-refractivity contribution in [2.45, 2.75) is 18.5 Å². The molecule has 0 heterocycles. The van der Waals surface area contributed by atoms with Crippen molar-refractivity contribution in [2.24, 2.45) is 0 Å². The van der Waals surface area contributed by atoms with Crippen LogP contribution in [0, 0.1) is 0 Å². The molecular formula is C29H30N2. The fraction of sp³-hybridized carbons (Fsp3) is 0.172. The summed E-state index contributed by atoms with van der Waals surface area (Å²) in [5.74, 6) is 0. The molecule has 0 fully saturated rings. The molecule has 0 radical (unpaired) electrons. The van der Waals surface area contributed by atoms with Crippen LogP contribution in [0.4, 0.5) is 0 Å². The van der Waals surface area contributed by atoms with Crippen LogP contribution in [0.25, 0.3) is 0 Å². The van der Waals surface area contributed by atoms with Gasteiger partial charge in [-0.1, -0.05) is 121 Å². The number of hydrogen-bond donors (Lipinski definition) is 2. The molecule has 0 saturated carbocycles. The molecule has 0 saturated heterocycles. The van der Waals surface area contributed by atoms with E-state index in [1.807, 2.05) is 0 Å². The van der Waals surface area contributed by atoms with Crippen LogP contribution in [-0.4, -0.2) is 13.1 Å². The smallest absolute Gasteiger partial charge is 0.0947 e. The van der Waals surface area contributed by atoms with Crippen molar-refractivity contribution in [1.82, 2.24) is 10.6 Å². The third-order valence-corrected chi connectivity index (χ3v) is 5.71. The normalized spacial score (nSPS) is 11.4. The van der Waals surface area contributed by atoms with Gasteiger partial charge < -0.3 is 5.32 Å². The van der Waals surface area contributed by atoms with Gasteiger partial charge in [-0.2, -0.15) is 0 Å². The van der Waals surface area contributed by atoms with Crippen LogP contribution in [-0.2, 0) is 12.1 Å². The van der Waals surface area contributed by atoms with Gasteiger partial charge in [0.05, 0.1) is 5.54 Å². The van der Waals surface area contributed by atoms with E-state index in [2.05, 4.69) is 132 Å². The second-order valence-corrected chi connectivity index (χ2v) is 7.79. The third kappa shape index (κ3) is 5.11. The zero-order valence-corrected chi connectivity index (χ0v) is 17.9. The molecule has 2 heteroatoms. The Morgan fingerprint density at radius 2 is 0.903 bits per heavy atom. The Morgan fingerprint density at radius 1 is 0.484 bits per heavy atom. The lowest BCUT2D eigenvalue weighted by atomic mass is 9.77. The van der Waals surface area contributed by atoms with E-state index >= 15 is 0 Å². The molecule has 0 aliphatic rings. The summed E-state index contributed by atoms with van der Waals surface area (Å²) in [6.45, 7) is 2.78. The molecule has 4 aromatic carbocycles. The topological polar surface area (TPSA) is 24.1 Å². The van der Waals surface area contributed by atoms with E-state index in [0.29, 0.717) is 0 Å². The summed E-state index contributed by atoms with van der Waals surface area (Å²) in [5, 5.41) is 7.51. The summed E-state index contributed by atoms with van der Waals surface area (Å²) in [6.07, 6.45) is 1.04. The lowest BCUT2D eigenvalue weighted by Crippen LogP contribution is -2.45. The van der Waals surface area contributed by atoms with Gasteiger partial charge in [0.15, 0.2) is 0 Å². The largest absolute Gasteiger partial charge is 0.313 e. The van der Waals surface area contributed by atoms with Crippen LogP contribution in [0.15, 0.2) is 121 Å². The highest BCUT2D eigenvalue weighted by molar-refractivity contribution is 5.49. The van der Waals surface area contributed by atoms with Crippen LogP contribution < -0.4 is 10.6 Å². The number of rotatable bonds is 10. The summed E-state index contributed by atoms with van der Waals surface area (Å²) < 4.78 is 0. The molecule has 4 rings (SSSR count). The van der Waals surface area contributed by atoms with Crippen LogP contribution >= 0.6 is 0 Å². The molecule has 31 heavy (non-hydrogen) atoms. The van der Waals surface area contributed by atoms with Gasteiger partial charge >= 0.3 is 0 Å². The minimum absolute atomic E-state index is 0.386. The SMILES string of the molecule is c1ccc(CNCCCNC(c2ccccc2)(c2ccccc2)c2ccccc2)cc1. The van der Waals surface area contributed by atoms with Crippen molar-refractivity contribution in [3.05, 3.63) is 144 Å². The molecule has 0 aliphatic heterocycles. The van der Waals surface area contributed by atoms with E-state index in [1.54, 1.807) is 0 Å². The molecule has 0 spiro atoms. The molecule has 0 unspecified atom stereocenters. The molecule has 0 aliphatic carbocycles. The van der Waals surface area contributed by atoms with E-state index in [-0.39, 0.29) is 5.54 Å². The highest BCUT2D eigenvalue weighted by Crippen LogP contribution is 2.36. The zero-order chi connectivity index (χ0) is 21.2. The predicted molar refractivity (Wildman–Crippen MR) is 130 cm³/mol. The van der Waals surface area contributed by atoms with Gasteiger partial charge in [0, 0.05) is 6.54 Å². The molecule has 4 aromatic rings. The van der Waals surface area contributed by atoms with Gasteiger partial charge in [-0.3, -0.25) is 5.32 Å². The minimum atomic E-state index is -0.386. The monoisotopic (exact) mass is 406 g/mol. The number of hydrogen-bond acceptors (Lipinski definition) is 2. The van der Waals surface area contributed by atoms with Crippen molar-refractivity contribution >= 4 is 0 Å². The van der Waals surface area contributed by atoms with Crippen molar-refractivity contribution in [2.75, 3.05) is 13.1 Å². The van der Waals surface area contributed by atoms with Crippen LogP contribution in [0.3, 0.4) is 0 Å². The van der Waals surface area contributed by atoms with Crippen molar-refractivity contribution in [3.63, 3.8) is 0 Å². The highest BCUT2D eigenvalue weighted by atomic mass is 15.0. The number of nitrogens with one attached hydrogen (secondary N) is 2. The minimum Gasteiger partial charge on any atom is -0.313 e. The van der Waals surface area contributed by atoms with Gasteiger partial charge in [0.2, 0.25) is 0 Å². The Hall–Kier alpha value is -3.20. The maximum atomic E-state index is 3.94. The fourth-order valence-electron chi connectivity index (χ4n) is 4.19. The van der Waals surface area contributed by atoms with Crippen LogP contribution in [0.1, 0.15) is 28.7 Å². The predicted octanol–water partition coefficient (Wildman–Crippen LogP) is 5.75. The maximum absolute atomic E-state index is 3.94. The Morgan fingerprint density at radius 3 is 1.35 bits per heavy atom. The summed E-state index contributed by atoms with van der Waals surface area (Å²) in [5.41, 5.74) is 4.70. The quantitative estimate of drug-likeness (QED) is 0.259. The lowest BCUT2D eigenvalue weighted by molar-refractivity contribution is 0.459. The molecule has 0 bridgehead atoms. The summed E-state index contributed by atoms with van der Waals surface area (Å²) in [6, 6.07) is 42.9. The Bertz CT molecular complexity index is 919. The zero-order valence-electron chi connectivity index (χ0n) is 17.9. The van der Waals surface area contributed by atoms with Crippen LogP contribution in [0.2, 0.25) is 0 Å². The molecule has 0 aromatic heterocycles. The average Bonchev–Trinajstić information content (AvgIpc) is 2.86. The summed E-state index contributed by atoms with van der Waals surface area (Å²) in [4.78, 5) is 0. The van der Waals surface area contributed by atoms with E-state index < -0.39 is 0 Å². The summed E-state index contributed by atoms with van der Waals surface area (Å²) in [7, 11) is 0. The molecule has 0 amide bonds. The van der Waals surface area contributed by atoms with Gasteiger partial charge in [-0.25, -0.2) is 0 Å². The fourth-order valence-corrected chi connectivity index (χ4v) is 4.19. The molecular weight excluding hydrogens is 376 g/mol. The molecule has 156 valence electrons. The first kappa shape index (κ1) is 21.0. The third-order valence-electron chi connectivity index (χ3n) is 5.71. The Balaban J connectivity index is 1.54. The first-order valence-electron chi connectivity index (χ1n) is 11.1. The second kappa shape index (κ2) is 10.7. The van der Waals surface area contributed by atoms with Gasteiger partial charge in [0.1, 0.15) is 0 Å². The molecule has 2 N–H and O–H groups in total.